The summed E-state index contributed by atoms with van der Waals surface area (Å²) in [6.07, 6.45) is 0. The molecule has 7 heteroatoms. The summed E-state index contributed by atoms with van der Waals surface area (Å²) in [5.41, 5.74) is 6.56. The van der Waals surface area contributed by atoms with Crippen LogP contribution >= 0.6 is 11.8 Å². The molecule has 1 heterocycles. The molecule has 0 aliphatic heterocycles. The highest BCUT2D eigenvalue weighted by atomic mass is 32.2. The third kappa shape index (κ3) is 3.79. The van der Waals surface area contributed by atoms with Crippen LogP contribution in [0.2, 0.25) is 0 Å². The van der Waals surface area contributed by atoms with Gasteiger partial charge < -0.3 is 10.5 Å². The van der Waals surface area contributed by atoms with Gasteiger partial charge in [0.15, 0.2) is 5.78 Å². The lowest BCUT2D eigenvalue weighted by Crippen LogP contribution is -2.04. The molecule has 6 nitrogen and oxygen atoms in total. The van der Waals surface area contributed by atoms with Crippen molar-refractivity contribution in [2.75, 3.05) is 18.6 Å². The van der Waals surface area contributed by atoms with E-state index in [1.807, 2.05) is 12.1 Å². The lowest BCUT2D eigenvalue weighted by atomic mass is 10.1. The number of aromatic nitrogens is 1. The van der Waals surface area contributed by atoms with Crippen molar-refractivity contribution in [2.24, 2.45) is 0 Å². The molecule has 0 unspecified atom stereocenters. The molecule has 23 heavy (non-hydrogen) atoms. The number of benzene rings is 1. The number of nitrogens with two attached hydrogens (primary N) is 1. The van der Waals surface area contributed by atoms with Gasteiger partial charge in [0.05, 0.1) is 24.0 Å². The van der Waals surface area contributed by atoms with Gasteiger partial charge >= 0.3 is 0 Å². The summed E-state index contributed by atoms with van der Waals surface area (Å²) in [6, 6.07) is 12.0. The summed E-state index contributed by atoms with van der Waals surface area (Å²) < 4.78 is 5.04. The number of Topliss-reactive ketones (excluding diaryl/α,β-unsaturated/α-hetero) is 1. The van der Waals surface area contributed by atoms with Crippen LogP contribution in [0, 0.1) is 22.7 Å². The first kappa shape index (κ1) is 16.3. The van der Waals surface area contributed by atoms with Crippen molar-refractivity contribution in [3.8, 4) is 17.9 Å². The van der Waals surface area contributed by atoms with Gasteiger partial charge in [-0.25, -0.2) is 4.98 Å². The summed E-state index contributed by atoms with van der Waals surface area (Å²) in [5, 5.41) is 18.3. The molecule has 0 spiro atoms. The van der Waals surface area contributed by atoms with Crippen LogP contribution in [0.3, 0.4) is 0 Å². The van der Waals surface area contributed by atoms with E-state index < -0.39 is 0 Å². The number of carbonyl (C=O) groups is 1. The van der Waals surface area contributed by atoms with Crippen LogP contribution < -0.4 is 10.5 Å². The quantitative estimate of drug-likeness (QED) is 0.663. The molecular weight excluding hydrogens is 312 g/mol. The summed E-state index contributed by atoms with van der Waals surface area (Å²) in [4.78, 5) is 16.2. The molecule has 0 radical (unpaired) electrons. The van der Waals surface area contributed by atoms with Gasteiger partial charge in [0, 0.05) is 5.56 Å². The van der Waals surface area contributed by atoms with Crippen molar-refractivity contribution in [3.05, 3.63) is 47.0 Å². The van der Waals surface area contributed by atoms with Crippen LogP contribution in [0.4, 0.5) is 5.82 Å². The van der Waals surface area contributed by atoms with E-state index in [-0.39, 0.29) is 28.5 Å². The molecule has 0 saturated carbocycles. The summed E-state index contributed by atoms with van der Waals surface area (Å²) >= 11 is 1.11. The zero-order valence-electron chi connectivity index (χ0n) is 12.2. The van der Waals surface area contributed by atoms with E-state index in [0.717, 1.165) is 11.8 Å². The fourth-order valence-electron chi connectivity index (χ4n) is 1.78. The Morgan fingerprint density at radius 1 is 1.26 bits per heavy atom. The van der Waals surface area contributed by atoms with Gasteiger partial charge in [-0.3, -0.25) is 4.79 Å². The SMILES string of the molecule is COc1ccc(C(=O)CSc2nc(N)c(C#N)cc2C#N)cc1. The van der Waals surface area contributed by atoms with Crippen LogP contribution in [-0.4, -0.2) is 23.6 Å². The standard InChI is InChI=1S/C16H12N4O2S/c1-22-13-4-2-10(3-5-13)14(21)9-23-16-12(8-18)6-11(7-17)15(19)20-16/h2-6H,9H2,1H3,(H2,19,20). The third-order valence-corrected chi connectivity index (χ3v) is 4.00. The first-order valence-electron chi connectivity index (χ1n) is 6.49. The predicted octanol–water partition coefficient (Wildman–Crippen LogP) is 2.39. The number of ketones is 1. The molecule has 0 atom stereocenters. The maximum atomic E-state index is 12.2. The van der Waals surface area contributed by atoms with Crippen molar-refractivity contribution in [1.29, 1.82) is 10.5 Å². The smallest absolute Gasteiger partial charge is 0.173 e. The molecule has 0 aliphatic rings. The normalized spacial score (nSPS) is 9.70. The van der Waals surface area contributed by atoms with E-state index in [9.17, 15) is 4.79 Å². The molecule has 0 aliphatic carbocycles. The Morgan fingerprint density at radius 2 is 1.91 bits per heavy atom. The van der Waals surface area contributed by atoms with Crippen molar-refractivity contribution >= 4 is 23.4 Å². The lowest BCUT2D eigenvalue weighted by molar-refractivity contribution is 0.102. The number of ether oxygens (including phenoxy) is 1. The van der Waals surface area contributed by atoms with Gasteiger partial charge in [0.1, 0.15) is 28.7 Å². The second kappa shape index (κ2) is 7.30. The average Bonchev–Trinajstić information content (AvgIpc) is 2.59. The minimum absolute atomic E-state index is 0.0471. The number of nitrogens with zero attached hydrogens (tertiary/aromatic N) is 3. The van der Waals surface area contributed by atoms with Crippen LogP contribution in [-0.2, 0) is 0 Å². The van der Waals surface area contributed by atoms with Crippen LogP contribution in [0.1, 0.15) is 21.5 Å². The number of rotatable bonds is 5. The van der Waals surface area contributed by atoms with E-state index in [1.54, 1.807) is 31.4 Å². The van der Waals surface area contributed by atoms with E-state index in [4.69, 9.17) is 21.0 Å². The highest BCUT2D eigenvalue weighted by Crippen LogP contribution is 2.25. The fraction of sp³-hybridized carbons (Fsp3) is 0.125. The van der Waals surface area contributed by atoms with E-state index >= 15 is 0 Å². The molecule has 0 fully saturated rings. The maximum Gasteiger partial charge on any atom is 0.173 e. The molecule has 1 aromatic heterocycles. The largest absolute Gasteiger partial charge is 0.497 e. The van der Waals surface area contributed by atoms with E-state index in [1.165, 1.54) is 6.07 Å². The van der Waals surface area contributed by atoms with Gasteiger partial charge in [0.25, 0.3) is 0 Å². The molecule has 2 rings (SSSR count). The van der Waals surface area contributed by atoms with Crippen LogP contribution in [0.25, 0.3) is 0 Å². The number of hydrogen-bond donors (Lipinski definition) is 1. The number of hydrogen-bond acceptors (Lipinski definition) is 7. The maximum absolute atomic E-state index is 12.2. The first-order valence-corrected chi connectivity index (χ1v) is 7.48. The van der Waals surface area contributed by atoms with Crippen molar-refractivity contribution in [3.63, 3.8) is 0 Å². The Hall–Kier alpha value is -3.03. The second-order valence-electron chi connectivity index (χ2n) is 4.44. The second-order valence-corrected chi connectivity index (χ2v) is 5.40. The van der Waals surface area contributed by atoms with Gasteiger partial charge in [-0.1, -0.05) is 11.8 Å². The Kier molecular flexibility index (Phi) is 5.19. The average molecular weight is 324 g/mol. The molecule has 0 bridgehead atoms. The molecule has 2 N–H and O–H groups in total. The molecule has 114 valence electrons. The molecule has 1 aromatic carbocycles. The monoisotopic (exact) mass is 324 g/mol. The highest BCUT2D eigenvalue weighted by molar-refractivity contribution is 8.00. The van der Waals surface area contributed by atoms with Crippen molar-refractivity contribution in [2.45, 2.75) is 5.03 Å². The summed E-state index contributed by atoms with van der Waals surface area (Å²) in [7, 11) is 1.55. The lowest BCUT2D eigenvalue weighted by Gasteiger charge is -2.06. The topological polar surface area (TPSA) is 113 Å². The Labute approximate surface area is 137 Å². The minimum Gasteiger partial charge on any atom is -0.497 e. The molecule has 0 saturated heterocycles. The summed E-state index contributed by atoms with van der Waals surface area (Å²) in [5.74, 6) is 0.721. The number of thioether (sulfide) groups is 1. The first-order chi connectivity index (χ1) is 11.1. The highest BCUT2D eigenvalue weighted by Gasteiger charge is 2.13. The van der Waals surface area contributed by atoms with Gasteiger partial charge in [-0.05, 0) is 30.3 Å². The van der Waals surface area contributed by atoms with E-state index in [2.05, 4.69) is 4.98 Å². The van der Waals surface area contributed by atoms with Crippen molar-refractivity contribution in [1.82, 2.24) is 4.98 Å². The number of nitriles is 2. The predicted molar refractivity (Wildman–Crippen MR) is 86.1 cm³/mol. The third-order valence-electron chi connectivity index (χ3n) is 3.01. The van der Waals surface area contributed by atoms with Crippen molar-refractivity contribution < 1.29 is 9.53 Å². The molecule has 2 aromatic rings. The molecule has 0 amide bonds. The molecular formula is C16H12N4O2S. The Morgan fingerprint density at radius 3 is 2.48 bits per heavy atom. The summed E-state index contributed by atoms with van der Waals surface area (Å²) in [6.45, 7) is 0. The van der Waals surface area contributed by atoms with Gasteiger partial charge in [0.2, 0.25) is 0 Å². The number of carbonyl (C=O) groups excluding carboxylic acids is 1. The zero-order valence-corrected chi connectivity index (χ0v) is 13.1. The number of pyridine rings is 1. The zero-order chi connectivity index (χ0) is 16.8. The number of anilines is 1. The number of methoxy groups -OCH3 is 1. The van der Waals surface area contributed by atoms with Gasteiger partial charge in [-0.2, -0.15) is 10.5 Å². The minimum atomic E-state index is -0.105. The van der Waals surface area contributed by atoms with E-state index in [0.29, 0.717) is 16.3 Å². The number of nitrogen functional groups attached to an aromatic ring is 1. The van der Waals surface area contributed by atoms with Gasteiger partial charge in [-0.15, -0.1) is 0 Å². The Bertz CT molecular complexity index is 820. The fourth-order valence-corrected chi connectivity index (χ4v) is 2.64. The van der Waals surface area contributed by atoms with Crippen LogP contribution in [0.15, 0.2) is 35.4 Å². The Balaban J connectivity index is 2.14. The van der Waals surface area contributed by atoms with Crippen LogP contribution in [0.5, 0.6) is 5.75 Å².